The van der Waals surface area contributed by atoms with Crippen molar-refractivity contribution in [3.05, 3.63) is 78.4 Å². The largest absolute Gasteiger partial charge is 0.385 e. The molecular formula is C33H45N3O4S. The maximum atomic E-state index is 13.5. The number of amides is 1. The summed E-state index contributed by atoms with van der Waals surface area (Å²) < 4.78 is 28.5. The number of fused-ring (bicyclic) bond motifs is 1. The van der Waals surface area contributed by atoms with E-state index in [1.165, 1.54) is 4.31 Å². The second-order valence-electron chi connectivity index (χ2n) is 12.5. The lowest BCUT2D eigenvalue weighted by atomic mass is 9.86. The Bertz CT molecular complexity index is 1410. The molecule has 2 N–H and O–H groups in total. The number of piperidine rings is 1. The van der Waals surface area contributed by atoms with E-state index in [4.69, 9.17) is 0 Å². The highest BCUT2D eigenvalue weighted by atomic mass is 32.2. The molecule has 1 aliphatic heterocycles. The predicted octanol–water partition coefficient (Wildman–Crippen LogP) is 5.00. The first-order valence-electron chi connectivity index (χ1n) is 14.6. The lowest BCUT2D eigenvalue weighted by molar-refractivity contribution is -0.128. The second kappa shape index (κ2) is 13.0. The van der Waals surface area contributed by atoms with Crippen LogP contribution in [0.2, 0.25) is 0 Å². The van der Waals surface area contributed by atoms with E-state index in [-0.39, 0.29) is 11.8 Å². The summed E-state index contributed by atoms with van der Waals surface area (Å²) in [7, 11) is -1.92. The molecule has 0 aromatic heterocycles. The number of aliphatic hydroxyl groups is 1. The van der Waals surface area contributed by atoms with Crippen LogP contribution in [0.1, 0.15) is 52.0 Å². The molecule has 1 heterocycles. The minimum Gasteiger partial charge on any atom is -0.385 e. The molecule has 8 heteroatoms. The van der Waals surface area contributed by atoms with E-state index in [1.54, 1.807) is 19.2 Å². The number of sulfonamides is 1. The summed E-state index contributed by atoms with van der Waals surface area (Å²) in [5, 5.41) is 16.4. The zero-order chi connectivity index (χ0) is 29.7. The fraction of sp³-hybridized carbons (Fsp3) is 0.485. The summed E-state index contributed by atoms with van der Waals surface area (Å²) in [6, 6.07) is 22.7. The molecule has 7 nitrogen and oxygen atoms in total. The number of nitrogens with zero attached hydrogens (tertiary/aromatic N) is 2. The summed E-state index contributed by atoms with van der Waals surface area (Å²) in [4.78, 5) is 15.1. The van der Waals surface area contributed by atoms with E-state index in [0.29, 0.717) is 30.8 Å². The first kappa shape index (κ1) is 31.2. The normalized spacial score (nSPS) is 17.0. The van der Waals surface area contributed by atoms with Crippen LogP contribution in [0.5, 0.6) is 0 Å². The predicted molar refractivity (Wildman–Crippen MR) is 165 cm³/mol. The van der Waals surface area contributed by atoms with Gasteiger partial charge in [0.1, 0.15) is 0 Å². The summed E-state index contributed by atoms with van der Waals surface area (Å²) >= 11 is 0. The number of hydrogen-bond acceptors (Lipinski definition) is 5. The summed E-state index contributed by atoms with van der Waals surface area (Å²) in [5.41, 5.74) is -0.659. The first-order chi connectivity index (χ1) is 19.4. The lowest BCUT2D eigenvalue weighted by Crippen LogP contribution is -2.42. The van der Waals surface area contributed by atoms with E-state index in [1.807, 2.05) is 81.4 Å². The summed E-state index contributed by atoms with van der Waals surface area (Å²) in [6.07, 6.45) is 2.80. The highest BCUT2D eigenvalue weighted by Crippen LogP contribution is 2.31. The average Bonchev–Trinajstić information content (AvgIpc) is 2.96. The van der Waals surface area contributed by atoms with E-state index >= 15 is 0 Å². The van der Waals surface area contributed by atoms with Gasteiger partial charge in [-0.25, -0.2) is 12.7 Å². The van der Waals surface area contributed by atoms with Crippen LogP contribution in [0.3, 0.4) is 0 Å². The van der Waals surface area contributed by atoms with E-state index < -0.39 is 21.0 Å². The Morgan fingerprint density at radius 1 is 0.951 bits per heavy atom. The van der Waals surface area contributed by atoms with Crippen molar-refractivity contribution in [2.45, 2.75) is 57.0 Å². The fourth-order valence-electron chi connectivity index (χ4n) is 5.60. The highest BCUT2D eigenvalue weighted by Gasteiger charge is 2.32. The maximum Gasteiger partial charge on any atom is 0.243 e. The number of carbonyl (C=O) groups excluding carboxylic acids is 1. The third kappa shape index (κ3) is 7.74. The number of carbonyl (C=O) groups is 1. The lowest BCUT2D eigenvalue weighted by Gasteiger charge is -2.36. The van der Waals surface area contributed by atoms with E-state index in [0.717, 1.165) is 48.8 Å². The van der Waals surface area contributed by atoms with Gasteiger partial charge in [-0.1, -0.05) is 87.5 Å². The Morgan fingerprint density at radius 3 is 2.27 bits per heavy atom. The zero-order valence-electron chi connectivity index (χ0n) is 24.8. The molecule has 0 bridgehead atoms. The summed E-state index contributed by atoms with van der Waals surface area (Å²) in [6.45, 7) is 8.98. The Labute approximate surface area is 245 Å². The molecule has 1 unspecified atom stereocenters. The quantitative estimate of drug-likeness (QED) is 0.334. The van der Waals surface area contributed by atoms with E-state index in [9.17, 15) is 18.3 Å². The molecule has 4 rings (SSSR count). The Morgan fingerprint density at radius 2 is 1.59 bits per heavy atom. The number of rotatable bonds is 11. The first-order valence-corrected chi connectivity index (χ1v) is 16.1. The van der Waals surface area contributed by atoms with Crippen LogP contribution in [0.4, 0.5) is 0 Å². The standard InChI is InChI=1S/C33H45N3O4S/c1-32(2,3)31(37)34-21-19-33(38,28-13-6-5-7-14-28)20-24-36-22-17-26(18-23-36)25-35(4)41(39,40)30-16-10-12-27-11-8-9-15-29(27)30/h5-16,26,38H,17-25H2,1-4H3,(H,34,37). The van der Waals surface area contributed by atoms with Crippen LogP contribution in [-0.2, 0) is 20.4 Å². The highest BCUT2D eigenvalue weighted by molar-refractivity contribution is 7.89. The van der Waals surface area contributed by atoms with Gasteiger partial charge in [0.15, 0.2) is 0 Å². The molecule has 1 atom stereocenters. The van der Waals surface area contributed by atoms with Crippen LogP contribution in [0.15, 0.2) is 77.7 Å². The molecule has 0 aliphatic carbocycles. The monoisotopic (exact) mass is 579 g/mol. The molecule has 222 valence electrons. The van der Waals surface area contributed by atoms with Gasteiger partial charge in [0.05, 0.1) is 10.5 Å². The van der Waals surface area contributed by atoms with Gasteiger partial charge in [-0.3, -0.25) is 4.79 Å². The Balaban J connectivity index is 1.32. The Kier molecular flexibility index (Phi) is 9.90. The van der Waals surface area contributed by atoms with Crippen molar-refractivity contribution in [2.24, 2.45) is 11.3 Å². The van der Waals surface area contributed by atoms with Crippen molar-refractivity contribution in [3.63, 3.8) is 0 Å². The van der Waals surface area contributed by atoms with Gasteiger partial charge in [-0.2, -0.15) is 0 Å². The molecule has 1 amide bonds. The van der Waals surface area contributed by atoms with Crippen LogP contribution < -0.4 is 5.32 Å². The fourth-order valence-corrected chi connectivity index (χ4v) is 7.05. The van der Waals surface area contributed by atoms with Gasteiger partial charge >= 0.3 is 0 Å². The van der Waals surface area contributed by atoms with Crippen molar-refractivity contribution < 1.29 is 18.3 Å². The average molecular weight is 580 g/mol. The van der Waals surface area contributed by atoms with Crippen LogP contribution in [0.25, 0.3) is 10.8 Å². The number of likely N-dealkylation sites (tertiary alicyclic amines) is 1. The van der Waals surface area contributed by atoms with Crippen molar-refractivity contribution in [1.82, 2.24) is 14.5 Å². The topological polar surface area (TPSA) is 89.9 Å². The van der Waals surface area contributed by atoms with E-state index in [2.05, 4.69) is 10.2 Å². The molecular weight excluding hydrogens is 534 g/mol. The van der Waals surface area contributed by atoms with Crippen molar-refractivity contribution >= 4 is 26.7 Å². The SMILES string of the molecule is CN(CC1CCN(CCC(O)(CCNC(=O)C(C)(C)C)c2ccccc2)CC1)S(=O)(=O)c1cccc2ccccc12. The van der Waals surface area contributed by atoms with Crippen molar-refractivity contribution in [2.75, 3.05) is 39.8 Å². The molecule has 1 saturated heterocycles. The van der Waals surface area contributed by atoms with Gasteiger partial charge in [0.2, 0.25) is 15.9 Å². The molecule has 3 aromatic rings. The van der Waals surface area contributed by atoms with Gasteiger partial charge < -0.3 is 15.3 Å². The summed E-state index contributed by atoms with van der Waals surface area (Å²) in [5.74, 6) is 0.254. The third-order valence-electron chi connectivity index (χ3n) is 8.32. The minimum atomic E-state index is -3.61. The number of hydrogen-bond donors (Lipinski definition) is 2. The van der Waals surface area contributed by atoms with Gasteiger partial charge in [-0.05, 0) is 61.7 Å². The third-order valence-corrected chi connectivity index (χ3v) is 10.2. The molecule has 1 fully saturated rings. The van der Waals surface area contributed by atoms with Gasteiger partial charge in [-0.15, -0.1) is 0 Å². The maximum absolute atomic E-state index is 13.5. The zero-order valence-corrected chi connectivity index (χ0v) is 25.7. The van der Waals surface area contributed by atoms with Crippen molar-refractivity contribution in [1.29, 1.82) is 0 Å². The van der Waals surface area contributed by atoms with Gasteiger partial charge in [0, 0.05) is 37.5 Å². The van der Waals surface area contributed by atoms with Crippen LogP contribution in [-0.4, -0.2) is 68.4 Å². The molecule has 0 saturated carbocycles. The molecule has 3 aromatic carbocycles. The number of nitrogens with one attached hydrogen (secondary N) is 1. The smallest absolute Gasteiger partial charge is 0.243 e. The van der Waals surface area contributed by atoms with Gasteiger partial charge in [0.25, 0.3) is 0 Å². The Hall–Kier alpha value is -2.78. The molecule has 0 radical (unpaired) electrons. The minimum absolute atomic E-state index is 0.0255. The second-order valence-corrected chi connectivity index (χ2v) is 14.5. The van der Waals surface area contributed by atoms with Crippen LogP contribution >= 0.6 is 0 Å². The van der Waals surface area contributed by atoms with Crippen molar-refractivity contribution in [3.8, 4) is 0 Å². The van der Waals surface area contributed by atoms with Crippen LogP contribution in [0, 0.1) is 11.3 Å². The molecule has 41 heavy (non-hydrogen) atoms. The number of benzene rings is 3. The molecule has 1 aliphatic rings. The molecule has 0 spiro atoms.